The van der Waals surface area contributed by atoms with Crippen LogP contribution in [0.4, 0.5) is 15.0 Å². The lowest BCUT2D eigenvalue weighted by Gasteiger charge is -2.28. The molecule has 2 aromatic rings. The largest absolute Gasteiger partial charge is 0.598 e. The molecule has 0 radical (unpaired) electrons. The van der Waals surface area contributed by atoms with Gasteiger partial charge >= 0.3 is 6.09 Å². The van der Waals surface area contributed by atoms with Gasteiger partial charge in [0.25, 0.3) is 0 Å². The Balaban J connectivity index is 2.20. The van der Waals surface area contributed by atoms with E-state index in [-0.39, 0.29) is 28.0 Å². The normalized spacial score (nSPS) is 13.9. The number of hydrogen-bond acceptors (Lipinski definition) is 7. The molecule has 0 aliphatic carbocycles. The first kappa shape index (κ1) is 27.1. The number of nitrogens with one attached hydrogen (secondary N) is 2. The molecule has 2 rings (SSSR count). The number of anilines is 1. The molecule has 8 nitrogen and oxygen atoms in total. The number of halogens is 2. The van der Waals surface area contributed by atoms with Crippen LogP contribution < -0.4 is 14.8 Å². The van der Waals surface area contributed by atoms with Crippen molar-refractivity contribution in [1.82, 2.24) is 14.7 Å². The summed E-state index contributed by atoms with van der Waals surface area (Å²) in [6, 6.07) is 2.52. The number of carbonyl (C=O) groups excluding carboxylic acids is 1. The first-order valence-corrected chi connectivity index (χ1v) is 11.9. The molecule has 1 unspecified atom stereocenters. The van der Waals surface area contributed by atoms with E-state index < -0.39 is 39.7 Å². The molecule has 1 aromatic heterocycles. The van der Waals surface area contributed by atoms with Crippen LogP contribution in [-0.4, -0.2) is 31.0 Å². The molecule has 2 atom stereocenters. The van der Waals surface area contributed by atoms with Crippen molar-refractivity contribution in [3.8, 4) is 11.6 Å². The Morgan fingerprint density at radius 3 is 2.39 bits per heavy atom. The molecule has 2 N–H and O–H groups in total. The minimum atomic E-state index is -1.40. The molecule has 0 bridgehead atoms. The van der Waals surface area contributed by atoms with E-state index in [0.717, 1.165) is 0 Å². The fraction of sp³-hybridized carbons (Fsp3) is 0.500. The molecule has 1 heterocycles. The third kappa shape index (κ3) is 7.99. The predicted molar refractivity (Wildman–Crippen MR) is 127 cm³/mol. The molecular formula is C22H30ClFN4O4S. The summed E-state index contributed by atoms with van der Waals surface area (Å²) in [5, 5.41) is 2.49. The summed E-state index contributed by atoms with van der Waals surface area (Å²) < 4.78 is 41.0. The predicted octanol–water partition coefficient (Wildman–Crippen LogP) is 5.91. The van der Waals surface area contributed by atoms with Gasteiger partial charge in [-0.15, -0.1) is 4.72 Å². The number of aromatic nitrogens is 2. The number of benzene rings is 1. The molecule has 182 valence electrons. The maximum absolute atomic E-state index is 15.3. The zero-order chi connectivity index (χ0) is 25.0. The molecule has 11 heteroatoms. The van der Waals surface area contributed by atoms with Gasteiger partial charge in [0.1, 0.15) is 10.3 Å². The monoisotopic (exact) mass is 500 g/mol. The lowest BCUT2D eigenvalue weighted by molar-refractivity contribution is 0.0635. The van der Waals surface area contributed by atoms with E-state index in [1.807, 2.05) is 27.7 Å². The number of amides is 1. The highest BCUT2D eigenvalue weighted by molar-refractivity contribution is 7.90. The number of hydrogen-bond donors (Lipinski definition) is 2. The van der Waals surface area contributed by atoms with E-state index in [2.05, 4.69) is 20.0 Å². The van der Waals surface area contributed by atoms with Crippen LogP contribution in [0.3, 0.4) is 0 Å². The highest BCUT2D eigenvalue weighted by atomic mass is 35.5. The van der Waals surface area contributed by atoms with Crippen molar-refractivity contribution in [1.29, 1.82) is 0 Å². The van der Waals surface area contributed by atoms with Crippen molar-refractivity contribution in [2.45, 2.75) is 71.3 Å². The Kier molecular flexibility index (Phi) is 8.92. The van der Waals surface area contributed by atoms with Crippen LogP contribution in [0, 0.1) is 5.82 Å². The Bertz CT molecular complexity index is 965. The zero-order valence-electron chi connectivity index (χ0n) is 19.8. The second-order valence-corrected chi connectivity index (χ2v) is 11.6. The molecule has 33 heavy (non-hydrogen) atoms. The highest BCUT2D eigenvalue weighted by Crippen LogP contribution is 2.36. The average Bonchev–Trinajstić information content (AvgIpc) is 2.68. The summed E-state index contributed by atoms with van der Waals surface area (Å²) in [6.07, 6.45) is 2.28. The van der Waals surface area contributed by atoms with Gasteiger partial charge in [0.15, 0.2) is 17.4 Å². The molecule has 0 saturated carbocycles. The van der Waals surface area contributed by atoms with Crippen LogP contribution in [0.2, 0.25) is 5.02 Å². The number of ether oxygens (including phenoxy) is 2. The minimum Gasteiger partial charge on any atom is -0.598 e. The third-order valence-corrected chi connectivity index (χ3v) is 6.04. The Morgan fingerprint density at radius 1 is 1.21 bits per heavy atom. The molecule has 0 aliphatic heterocycles. The van der Waals surface area contributed by atoms with Crippen LogP contribution >= 0.6 is 11.6 Å². The van der Waals surface area contributed by atoms with Crippen molar-refractivity contribution in [2.75, 3.05) is 5.32 Å². The maximum atomic E-state index is 15.3. The lowest BCUT2D eigenvalue weighted by Crippen LogP contribution is -2.41. The van der Waals surface area contributed by atoms with Gasteiger partial charge in [-0.1, -0.05) is 24.6 Å². The van der Waals surface area contributed by atoms with Crippen molar-refractivity contribution >= 4 is 34.9 Å². The third-order valence-electron chi connectivity index (χ3n) is 4.13. The maximum Gasteiger partial charge on any atom is 0.413 e. The van der Waals surface area contributed by atoms with Gasteiger partial charge in [-0.3, -0.25) is 5.32 Å². The van der Waals surface area contributed by atoms with Crippen molar-refractivity contribution in [2.24, 2.45) is 0 Å². The molecule has 0 saturated heterocycles. The van der Waals surface area contributed by atoms with Gasteiger partial charge in [-0.25, -0.2) is 19.2 Å². The van der Waals surface area contributed by atoms with E-state index in [1.165, 1.54) is 24.5 Å². The zero-order valence-corrected chi connectivity index (χ0v) is 21.4. The molecule has 0 spiro atoms. The first-order chi connectivity index (χ1) is 15.2. The van der Waals surface area contributed by atoms with E-state index in [0.29, 0.717) is 6.42 Å². The van der Waals surface area contributed by atoms with Crippen LogP contribution in [0.15, 0.2) is 24.5 Å². The van der Waals surface area contributed by atoms with Crippen LogP contribution in [-0.2, 0) is 16.1 Å². The van der Waals surface area contributed by atoms with E-state index >= 15 is 4.39 Å². The van der Waals surface area contributed by atoms with Crippen molar-refractivity contribution < 1.29 is 23.2 Å². The van der Waals surface area contributed by atoms with Crippen molar-refractivity contribution in [3.05, 3.63) is 40.9 Å². The number of nitrogens with zero attached hydrogens (tertiary/aromatic N) is 2. The summed E-state index contributed by atoms with van der Waals surface area (Å²) in [5.74, 6) is -0.803. The standard InChI is InChI=1S/C22H30ClFN4O4S/c1-8-15(28-33(30)22(5,6)7)13-9-10-14(23)19(18(13)24)31-17-12-25-16(11-26-17)27-20(29)32-21(2,3)4/h9-12,15,28H,8H2,1-7H3,(H,25,27,29)/t15-,33?/m1/s1. The quantitative estimate of drug-likeness (QED) is 0.455. The number of carbonyl (C=O) groups is 1. The summed E-state index contributed by atoms with van der Waals surface area (Å²) in [5.41, 5.74) is -0.393. The summed E-state index contributed by atoms with van der Waals surface area (Å²) in [4.78, 5) is 19.9. The number of rotatable bonds is 7. The summed E-state index contributed by atoms with van der Waals surface area (Å²) in [7, 11) is 0. The lowest BCUT2D eigenvalue weighted by atomic mass is 10.0. The highest BCUT2D eigenvalue weighted by Gasteiger charge is 2.31. The van der Waals surface area contributed by atoms with Crippen LogP contribution in [0.1, 0.15) is 66.5 Å². The molecule has 0 aliphatic rings. The fourth-order valence-corrected chi connectivity index (χ4v) is 3.62. The molecule has 1 aromatic carbocycles. The molecule has 0 fully saturated rings. The van der Waals surface area contributed by atoms with Gasteiger partial charge in [0, 0.05) is 16.9 Å². The van der Waals surface area contributed by atoms with Crippen LogP contribution in [0.5, 0.6) is 11.6 Å². The smallest absolute Gasteiger partial charge is 0.413 e. The van der Waals surface area contributed by atoms with Gasteiger partial charge in [0.05, 0.1) is 23.5 Å². The summed E-state index contributed by atoms with van der Waals surface area (Å²) >= 11 is 4.77. The van der Waals surface area contributed by atoms with E-state index in [1.54, 1.807) is 20.8 Å². The molecule has 1 amide bonds. The van der Waals surface area contributed by atoms with Gasteiger partial charge in [-0.05, 0) is 54.0 Å². The van der Waals surface area contributed by atoms with Gasteiger partial charge < -0.3 is 14.0 Å². The SMILES string of the molecule is CC[C@@H](N[S+]([O-])C(C)(C)C)c1ccc(Cl)c(Oc2cnc(NC(=O)OC(C)(C)C)cn2)c1F. The second-order valence-electron chi connectivity index (χ2n) is 9.21. The van der Waals surface area contributed by atoms with Crippen molar-refractivity contribution in [3.63, 3.8) is 0 Å². The topological polar surface area (TPSA) is 108 Å². The second kappa shape index (κ2) is 10.9. The first-order valence-electron chi connectivity index (χ1n) is 10.4. The van der Waals surface area contributed by atoms with Gasteiger partial charge in [0.2, 0.25) is 5.88 Å². The van der Waals surface area contributed by atoms with Gasteiger partial charge in [-0.2, -0.15) is 0 Å². The van der Waals surface area contributed by atoms with E-state index in [4.69, 9.17) is 21.1 Å². The van der Waals surface area contributed by atoms with Crippen LogP contribution in [0.25, 0.3) is 0 Å². The molecular weight excluding hydrogens is 471 g/mol. The summed E-state index contributed by atoms with van der Waals surface area (Å²) in [6.45, 7) is 12.6. The average molecular weight is 501 g/mol. The Hall–Kier alpha value is -2.14. The van der Waals surface area contributed by atoms with E-state index in [9.17, 15) is 9.35 Å². The minimum absolute atomic E-state index is 0.0260. The fourth-order valence-electron chi connectivity index (χ4n) is 2.53. The Morgan fingerprint density at radius 2 is 1.88 bits per heavy atom. The Labute approximate surface area is 201 Å².